The van der Waals surface area contributed by atoms with Crippen LogP contribution in [0.15, 0.2) is 36.4 Å². The number of alkyl halides is 2. The third-order valence-electron chi connectivity index (χ3n) is 6.45. The number of nitrogens with zero attached hydrogens (tertiary/aromatic N) is 1. The molecular formula is C25H28F2N2O6. The summed E-state index contributed by atoms with van der Waals surface area (Å²) in [7, 11) is 0. The van der Waals surface area contributed by atoms with E-state index in [-0.39, 0.29) is 18.9 Å². The van der Waals surface area contributed by atoms with Crippen LogP contribution in [0.4, 0.5) is 8.78 Å². The minimum atomic E-state index is -3.84. The summed E-state index contributed by atoms with van der Waals surface area (Å²) in [6.45, 7) is 3.17. The molecule has 35 heavy (non-hydrogen) atoms. The maximum Gasteiger partial charge on any atom is 0.349 e. The van der Waals surface area contributed by atoms with Crippen LogP contribution in [0.1, 0.15) is 30.1 Å². The predicted molar refractivity (Wildman–Crippen MR) is 121 cm³/mol. The number of nitrogens with one attached hydrogen (secondary N) is 1. The highest BCUT2D eigenvalue weighted by atomic mass is 19.3. The Morgan fingerprint density at radius 1 is 0.914 bits per heavy atom. The van der Waals surface area contributed by atoms with Gasteiger partial charge in [-0.2, -0.15) is 8.78 Å². The highest BCUT2D eigenvalue weighted by Crippen LogP contribution is 2.38. The van der Waals surface area contributed by atoms with Crippen molar-refractivity contribution < 1.29 is 37.6 Å². The van der Waals surface area contributed by atoms with E-state index >= 15 is 8.78 Å². The number of amides is 1. The molecule has 5 rings (SSSR count). The lowest BCUT2D eigenvalue weighted by Crippen LogP contribution is -2.51. The molecule has 1 fully saturated rings. The summed E-state index contributed by atoms with van der Waals surface area (Å²) >= 11 is 0. The molecule has 188 valence electrons. The summed E-state index contributed by atoms with van der Waals surface area (Å²) in [5, 5.41) is 13.6. The number of carbonyl (C=O) groups is 1. The molecule has 3 aliphatic heterocycles. The van der Waals surface area contributed by atoms with Gasteiger partial charge in [0, 0.05) is 12.1 Å². The summed E-state index contributed by atoms with van der Waals surface area (Å²) in [6.07, 6.45) is 0.730. The van der Waals surface area contributed by atoms with Gasteiger partial charge in [-0.3, -0.25) is 4.79 Å². The Balaban J connectivity index is 1.37. The molecule has 1 saturated heterocycles. The summed E-state index contributed by atoms with van der Waals surface area (Å²) in [5.74, 6) is -3.78. The van der Waals surface area contributed by atoms with Crippen LogP contribution in [0.25, 0.3) is 0 Å². The van der Waals surface area contributed by atoms with Gasteiger partial charge in [0.25, 0.3) is 5.91 Å². The van der Waals surface area contributed by atoms with Crippen LogP contribution in [0.5, 0.6) is 23.0 Å². The third-order valence-corrected chi connectivity index (χ3v) is 6.45. The fraction of sp³-hybridized carbons (Fsp3) is 0.480. The molecule has 0 unspecified atom stereocenters. The molecule has 2 N–H and O–H groups in total. The SMILES string of the molecule is O=C(N[C@H](CN1CCCC1)[C@H](O)c1ccc2c(c1)OCCO2)C(F)(F)c1ccc2c(c1)OCCO2. The molecule has 2 aromatic carbocycles. The quantitative estimate of drug-likeness (QED) is 0.617. The van der Waals surface area contributed by atoms with E-state index in [9.17, 15) is 9.90 Å². The van der Waals surface area contributed by atoms with Crippen molar-refractivity contribution in [2.24, 2.45) is 0 Å². The van der Waals surface area contributed by atoms with Crippen molar-refractivity contribution in [3.8, 4) is 23.0 Å². The summed E-state index contributed by atoms with van der Waals surface area (Å²) in [5.41, 5.74) is -0.0608. The Hall–Kier alpha value is -3.11. The van der Waals surface area contributed by atoms with Crippen LogP contribution in [0.3, 0.4) is 0 Å². The molecule has 1 amide bonds. The second kappa shape index (κ2) is 9.87. The molecule has 10 heteroatoms. The Morgan fingerprint density at radius 3 is 2.14 bits per heavy atom. The molecular weight excluding hydrogens is 462 g/mol. The van der Waals surface area contributed by atoms with E-state index in [2.05, 4.69) is 10.2 Å². The van der Waals surface area contributed by atoms with Crippen molar-refractivity contribution in [1.29, 1.82) is 0 Å². The van der Waals surface area contributed by atoms with Crippen molar-refractivity contribution in [3.05, 3.63) is 47.5 Å². The predicted octanol–water partition coefficient (Wildman–Crippen LogP) is 2.64. The van der Waals surface area contributed by atoms with Crippen LogP contribution < -0.4 is 24.3 Å². The number of fused-ring (bicyclic) bond motifs is 2. The first-order valence-electron chi connectivity index (χ1n) is 11.8. The topological polar surface area (TPSA) is 89.5 Å². The van der Waals surface area contributed by atoms with Gasteiger partial charge < -0.3 is 34.3 Å². The molecule has 3 heterocycles. The molecule has 2 atom stereocenters. The second-order valence-corrected chi connectivity index (χ2v) is 8.87. The smallest absolute Gasteiger partial charge is 0.349 e. The standard InChI is InChI=1S/C25H28F2N2O6/c26-25(27,17-4-6-20-22(14-17)35-12-10-33-20)24(31)28-18(15-29-7-1-2-8-29)23(30)16-3-5-19-21(13-16)34-11-9-32-19/h3-6,13-14,18,23,30H,1-2,7-12,15H2,(H,28,31)/t18-,23-/m1/s1. The van der Waals surface area contributed by atoms with Crippen molar-refractivity contribution in [3.63, 3.8) is 0 Å². The lowest BCUT2D eigenvalue weighted by molar-refractivity contribution is -0.149. The van der Waals surface area contributed by atoms with E-state index in [0.717, 1.165) is 38.1 Å². The minimum Gasteiger partial charge on any atom is -0.486 e. The van der Waals surface area contributed by atoms with Crippen LogP contribution in [0.2, 0.25) is 0 Å². The Kier molecular flexibility index (Phi) is 6.66. The van der Waals surface area contributed by atoms with Crippen LogP contribution in [0, 0.1) is 0 Å². The average Bonchev–Trinajstić information content (AvgIpc) is 3.40. The van der Waals surface area contributed by atoms with E-state index in [4.69, 9.17) is 18.9 Å². The van der Waals surface area contributed by atoms with E-state index in [0.29, 0.717) is 42.6 Å². The number of aliphatic hydroxyl groups is 1. The van der Waals surface area contributed by atoms with Gasteiger partial charge in [0.05, 0.1) is 6.04 Å². The van der Waals surface area contributed by atoms with Gasteiger partial charge in [-0.15, -0.1) is 0 Å². The van der Waals surface area contributed by atoms with Gasteiger partial charge in [0.15, 0.2) is 23.0 Å². The zero-order chi connectivity index (χ0) is 24.4. The molecule has 8 nitrogen and oxygen atoms in total. The van der Waals surface area contributed by atoms with Gasteiger partial charge in [-0.05, 0) is 61.8 Å². The number of hydrogen-bond donors (Lipinski definition) is 2. The van der Waals surface area contributed by atoms with E-state index in [1.54, 1.807) is 18.2 Å². The summed E-state index contributed by atoms with van der Waals surface area (Å²) in [4.78, 5) is 14.9. The maximum absolute atomic E-state index is 15.2. The fourth-order valence-corrected chi connectivity index (χ4v) is 4.57. The molecule has 0 aromatic heterocycles. The van der Waals surface area contributed by atoms with E-state index in [1.165, 1.54) is 6.07 Å². The lowest BCUT2D eigenvalue weighted by Gasteiger charge is -2.31. The number of rotatable bonds is 7. The van der Waals surface area contributed by atoms with E-state index < -0.39 is 29.5 Å². The summed E-state index contributed by atoms with van der Waals surface area (Å²) in [6, 6.07) is 7.64. The average molecular weight is 491 g/mol. The molecule has 0 bridgehead atoms. The van der Waals surface area contributed by atoms with Crippen LogP contribution in [-0.4, -0.2) is 68.0 Å². The van der Waals surface area contributed by atoms with Gasteiger partial charge in [-0.1, -0.05) is 6.07 Å². The van der Waals surface area contributed by atoms with Crippen molar-refractivity contribution in [1.82, 2.24) is 10.2 Å². The number of benzene rings is 2. The third kappa shape index (κ3) is 4.99. The normalized spacial score (nSPS) is 19.2. The van der Waals surface area contributed by atoms with Crippen LogP contribution >= 0.6 is 0 Å². The van der Waals surface area contributed by atoms with Crippen LogP contribution in [-0.2, 0) is 10.7 Å². The zero-order valence-electron chi connectivity index (χ0n) is 19.2. The minimum absolute atomic E-state index is 0.172. The monoisotopic (exact) mass is 490 g/mol. The number of hydrogen-bond acceptors (Lipinski definition) is 7. The number of aliphatic hydroxyl groups excluding tert-OH is 1. The first kappa shape index (κ1) is 23.6. The number of likely N-dealkylation sites (tertiary alicyclic amines) is 1. The Morgan fingerprint density at radius 2 is 1.49 bits per heavy atom. The Labute approximate surface area is 201 Å². The van der Waals surface area contributed by atoms with Crippen molar-refractivity contribution in [2.45, 2.75) is 30.9 Å². The fourth-order valence-electron chi connectivity index (χ4n) is 4.57. The van der Waals surface area contributed by atoms with Gasteiger partial charge in [-0.25, -0.2) is 0 Å². The Bertz CT molecular complexity index is 1080. The molecule has 2 aromatic rings. The maximum atomic E-state index is 15.2. The largest absolute Gasteiger partial charge is 0.486 e. The molecule has 0 spiro atoms. The first-order chi connectivity index (χ1) is 16.9. The van der Waals surface area contributed by atoms with Gasteiger partial charge in [0.2, 0.25) is 0 Å². The highest BCUT2D eigenvalue weighted by molar-refractivity contribution is 5.85. The molecule has 0 saturated carbocycles. The lowest BCUT2D eigenvalue weighted by atomic mass is 9.99. The van der Waals surface area contributed by atoms with E-state index in [1.807, 2.05) is 0 Å². The second-order valence-electron chi connectivity index (χ2n) is 8.87. The van der Waals surface area contributed by atoms with Crippen molar-refractivity contribution >= 4 is 5.91 Å². The molecule has 3 aliphatic rings. The number of ether oxygens (including phenoxy) is 4. The first-order valence-corrected chi connectivity index (χ1v) is 11.8. The number of carbonyl (C=O) groups excluding carboxylic acids is 1. The zero-order valence-corrected chi connectivity index (χ0v) is 19.2. The van der Waals surface area contributed by atoms with Crippen molar-refractivity contribution in [2.75, 3.05) is 46.1 Å². The summed E-state index contributed by atoms with van der Waals surface area (Å²) < 4.78 is 52.4. The van der Waals surface area contributed by atoms with Gasteiger partial charge >= 0.3 is 5.92 Å². The van der Waals surface area contributed by atoms with Gasteiger partial charge in [0.1, 0.15) is 32.5 Å². The molecule has 0 aliphatic carbocycles. The number of halogens is 2. The molecule has 0 radical (unpaired) electrons. The highest BCUT2D eigenvalue weighted by Gasteiger charge is 2.43.